The number of carbonyl (C=O) groups is 3. The summed E-state index contributed by atoms with van der Waals surface area (Å²) in [5.41, 5.74) is 2.77. The summed E-state index contributed by atoms with van der Waals surface area (Å²) in [6, 6.07) is 12.5. The number of aromatic nitrogens is 1. The third kappa shape index (κ3) is 5.37. The molecule has 0 fully saturated rings. The van der Waals surface area contributed by atoms with E-state index in [1.54, 1.807) is 41.8 Å². The average Bonchev–Trinajstić information content (AvgIpc) is 3.03. The van der Waals surface area contributed by atoms with E-state index in [0.29, 0.717) is 16.1 Å². The number of esters is 1. The lowest BCUT2D eigenvalue weighted by molar-refractivity contribution is -0.143. The van der Waals surface area contributed by atoms with Crippen molar-refractivity contribution in [3.63, 3.8) is 0 Å². The molecular weight excluding hydrogens is 416 g/mol. The second-order valence-electron chi connectivity index (χ2n) is 7.00. The van der Waals surface area contributed by atoms with Crippen molar-refractivity contribution < 1.29 is 19.1 Å². The smallest absolute Gasteiger partial charge is 0.326 e. The fraction of sp³-hybridized carbons (Fsp3) is 0.273. The molecule has 0 unspecified atom stereocenters. The van der Waals surface area contributed by atoms with Crippen LogP contribution in [0.25, 0.3) is 10.2 Å². The number of amides is 2. The number of anilines is 2. The second-order valence-corrected chi connectivity index (χ2v) is 8.01. The van der Waals surface area contributed by atoms with Crippen molar-refractivity contribution in [1.82, 2.24) is 4.57 Å². The van der Waals surface area contributed by atoms with Gasteiger partial charge in [-0.15, -0.1) is 0 Å². The van der Waals surface area contributed by atoms with Crippen molar-refractivity contribution >= 4 is 50.7 Å². The van der Waals surface area contributed by atoms with Crippen LogP contribution in [0.1, 0.15) is 24.2 Å². The number of benzene rings is 2. The molecule has 2 aromatic carbocycles. The molecule has 0 aliphatic carbocycles. The summed E-state index contributed by atoms with van der Waals surface area (Å²) in [5.74, 6) is -1.01. The Balaban J connectivity index is 2.06. The highest BCUT2D eigenvalue weighted by atomic mass is 32.1. The Bertz CT molecular complexity index is 1190. The maximum Gasteiger partial charge on any atom is 0.326 e. The van der Waals surface area contributed by atoms with Crippen LogP contribution < -0.4 is 15.0 Å². The van der Waals surface area contributed by atoms with Gasteiger partial charge in [-0.25, -0.2) is 0 Å². The SMILES string of the molecule is CCOC(=O)Cn1c(=NC(=O)c2ccc(N(C)C)cc2)sc2cc(NC(C)=O)ccc21. The number of thiazole rings is 1. The van der Waals surface area contributed by atoms with Crippen molar-refractivity contribution in [3.8, 4) is 0 Å². The van der Waals surface area contributed by atoms with Gasteiger partial charge in [-0.05, 0) is 49.4 Å². The minimum absolute atomic E-state index is 0.0704. The molecule has 3 rings (SSSR count). The quantitative estimate of drug-likeness (QED) is 0.595. The van der Waals surface area contributed by atoms with Crippen molar-refractivity contribution in [1.29, 1.82) is 0 Å². The standard InChI is InChI=1S/C22H24N4O4S/c1-5-30-20(28)13-26-18-11-8-16(23-14(2)27)12-19(18)31-22(26)24-21(29)15-6-9-17(10-7-15)25(3)4/h6-12H,5,13H2,1-4H3,(H,23,27). The van der Waals surface area contributed by atoms with Crippen molar-refractivity contribution in [2.75, 3.05) is 30.9 Å². The molecular formula is C22H24N4O4S. The van der Waals surface area contributed by atoms with Crippen LogP contribution in [-0.2, 0) is 20.9 Å². The van der Waals surface area contributed by atoms with Crippen LogP contribution in [0.15, 0.2) is 47.5 Å². The summed E-state index contributed by atoms with van der Waals surface area (Å²) >= 11 is 1.26. The molecule has 0 radical (unpaired) electrons. The molecule has 1 N–H and O–H groups in total. The van der Waals surface area contributed by atoms with E-state index in [1.807, 2.05) is 31.1 Å². The molecule has 0 spiro atoms. The van der Waals surface area contributed by atoms with E-state index in [4.69, 9.17) is 4.74 Å². The highest BCUT2D eigenvalue weighted by Gasteiger charge is 2.14. The Hall–Kier alpha value is -3.46. The predicted molar refractivity (Wildman–Crippen MR) is 121 cm³/mol. The molecule has 1 heterocycles. The summed E-state index contributed by atoms with van der Waals surface area (Å²) in [6.07, 6.45) is 0. The Labute approximate surface area is 183 Å². The van der Waals surface area contributed by atoms with Crippen molar-refractivity contribution in [2.45, 2.75) is 20.4 Å². The van der Waals surface area contributed by atoms with Gasteiger partial charge in [0.05, 0.1) is 16.8 Å². The minimum Gasteiger partial charge on any atom is -0.465 e. The van der Waals surface area contributed by atoms with Gasteiger partial charge in [0.25, 0.3) is 5.91 Å². The van der Waals surface area contributed by atoms with Gasteiger partial charge in [-0.1, -0.05) is 11.3 Å². The number of fused-ring (bicyclic) bond motifs is 1. The van der Waals surface area contributed by atoms with Gasteiger partial charge in [0, 0.05) is 38.0 Å². The highest BCUT2D eigenvalue weighted by Crippen LogP contribution is 2.22. The molecule has 2 amide bonds. The van der Waals surface area contributed by atoms with Crippen LogP contribution in [0.4, 0.5) is 11.4 Å². The Morgan fingerprint density at radius 1 is 1.13 bits per heavy atom. The monoisotopic (exact) mass is 440 g/mol. The highest BCUT2D eigenvalue weighted by molar-refractivity contribution is 7.16. The van der Waals surface area contributed by atoms with Crippen LogP contribution >= 0.6 is 11.3 Å². The Morgan fingerprint density at radius 2 is 1.84 bits per heavy atom. The van der Waals surface area contributed by atoms with Crippen LogP contribution in [0.2, 0.25) is 0 Å². The maximum absolute atomic E-state index is 12.8. The summed E-state index contributed by atoms with van der Waals surface area (Å²) in [6.45, 7) is 3.36. The van der Waals surface area contributed by atoms with Crippen molar-refractivity contribution in [3.05, 3.63) is 52.8 Å². The maximum atomic E-state index is 12.8. The van der Waals surface area contributed by atoms with Crippen molar-refractivity contribution in [2.24, 2.45) is 4.99 Å². The first-order valence-electron chi connectivity index (χ1n) is 9.71. The summed E-state index contributed by atoms with van der Waals surface area (Å²) in [7, 11) is 3.85. The van der Waals surface area contributed by atoms with Gasteiger partial charge in [-0.3, -0.25) is 14.4 Å². The predicted octanol–water partition coefficient (Wildman–Crippen LogP) is 3.03. The van der Waals surface area contributed by atoms with Crippen LogP contribution in [0.5, 0.6) is 0 Å². The van der Waals surface area contributed by atoms with E-state index in [2.05, 4.69) is 10.3 Å². The van der Waals surface area contributed by atoms with Crippen LogP contribution in [-0.4, -0.2) is 43.1 Å². The van der Waals surface area contributed by atoms with E-state index in [9.17, 15) is 14.4 Å². The van der Waals surface area contributed by atoms with E-state index in [0.717, 1.165) is 15.9 Å². The zero-order valence-electron chi connectivity index (χ0n) is 17.8. The number of hydrogen-bond acceptors (Lipinski definition) is 6. The lowest BCUT2D eigenvalue weighted by atomic mass is 10.2. The van der Waals surface area contributed by atoms with Gasteiger partial charge in [0.15, 0.2) is 4.80 Å². The zero-order chi connectivity index (χ0) is 22.5. The summed E-state index contributed by atoms with van der Waals surface area (Å²) < 4.78 is 7.51. The molecule has 1 aromatic heterocycles. The summed E-state index contributed by atoms with van der Waals surface area (Å²) in [5, 5.41) is 2.73. The first-order valence-corrected chi connectivity index (χ1v) is 10.5. The van der Waals surface area contributed by atoms with Gasteiger partial charge < -0.3 is 19.5 Å². The number of hydrogen-bond donors (Lipinski definition) is 1. The molecule has 0 aliphatic heterocycles. The summed E-state index contributed by atoms with van der Waals surface area (Å²) in [4.78, 5) is 42.9. The van der Waals surface area contributed by atoms with E-state index in [1.165, 1.54) is 18.3 Å². The lowest BCUT2D eigenvalue weighted by Crippen LogP contribution is -2.23. The largest absolute Gasteiger partial charge is 0.465 e. The third-order valence-electron chi connectivity index (χ3n) is 4.42. The van der Waals surface area contributed by atoms with E-state index in [-0.39, 0.29) is 19.1 Å². The number of carbonyl (C=O) groups excluding carboxylic acids is 3. The normalized spacial score (nSPS) is 11.4. The minimum atomic E-state index is -0.419. The van der Waals surface area contributed by atoms with E-state index >= 15 is 0 Å². The first kappa shape index (κ1) is 22.2. The van der Waals surface area contributed by atoms with Gasteiger partial charge in [0.1, 0.15) is 6.54 Å². The average molecular weight is 441 g/mol. The number of nitrogens with one attached hydrogen (secondary N) is 1. The lowest BCUT2D eigenvalue weighted by Gasteiger charge is -2.11. The number of rotatable bonds is 6. The molecule has 0 bridgehead atoms. The zero-order valence-corrected chi connectivity index (χ0v) is 18.7. The molecule has 31 heavy (non-hydrogen) atoms. The topological polar surface area (TPSA) is 93.0 Å². The van der Waals surface area contributed by atoms with Gasteiger partial charge in [0.2, 0.25) is 5.91 Å². The molecule has 0 atom stereocenters. The molecule has 0 saturated carbocycles. The molecule has 3 aromatic rings. The van der Waals surface area contributed by atoms with Gasteiger partial charge >= 0.3 is 5.97 Å². The molecule has 9 heteroatoms. The van der Waals surface area contributed by atoms with Crippen LogP contribution in [0, 0.1) is 0 Å². The molecule has 162 valence electrons. The second kappa shape index (κ2) is 9.57. The Morgan fingerprint density at radius 3 is 2.45 bits per heavy atom. The van der Waals surface area contributed by atoms with E-state index < -0.39 is 11.9 Å². The number of ether oxygens (including phenoxy) is 1. The Kier molecular flexibility index (Phi) is 6.86. The fourth-order valence-electron chi connectivity index (χ4n) is 2.98. The van der Waals surface area contributed by atoms with Crippen LogP contribution in [0.3, 0.4) is 0 Å². The molecule has 0 saturated heterocycles. The molecule has 8 nitrogen and oxygen atoms in total. The molecule has 0 aliphatic rings. The fourth-order valence-corrected chi connectivity index (χ4v) is 4.05. The third-order valence-corrected chi connectivity index (χ3v) is 5.46. The van der Waals surface area contributed by atoms with Gasteiger partial charge in [-0.2, -0.15) is 4.99 Å². The first-order chi connectivity index (χ1) is 14.8. The number of nitrogens with zero attached hydrogens (tertiary/aromatic N) is 3.